The van der Waals surface area contributed by atoms with E-state index < -0.39 is 17.6 Å². The summed E-state index contributed by atoms with van der Waals surface area (Å²) in [6.07, 6.45) is -2.79. The van der Waals surface area contributed by atoms with E-state index in [1.165, 1.54) is 0 Å². The zero-order chi connectivity index (χ0) is 18.9. The van der Waals surface area contributed by atoms with Gasteiger partial charge in [-0.1, -0.05) is 11.6 Å². The number of amides is 1. The van der Waals surface area contributed by atoms with Gasteiger partial charge in [0.15, 0.2) is 0 Å². The predicted octanol–water partition coefficient (Wildman–Crippen LogP) is 4.96. The van der Waals surface area contributed by atoms with Crippen LogP contribution in [0.15, 0.2) is 48.7 Å². The van der Waals surface area contributed by atoms with Gasteiger partial charge in [-0.15, -0.1) is 0 Å². The molecule has 1 N–H and O–H groups in total. The second-order valence-electron chi connectivity index (χ2n) is 5.61. The Morgan fingerprint density at radius 1 is 1.19 bits per heavy atom. The van der Waals surface area contributed by atoms with E-state index in [9.17, 15) is 18.0 Å². The molecule has 0 atom stereocenters. The van der Waals surface area contributed by atoms with Crippen molar-refractivity contribution < 1.29 is 22.7 Å². The number of carbonyl (C=O) groups excluding carboxylic acids is 1. The molecule has 0 radical (unpaired) electrons. The third-order valence-electron chi connectivity index (χ3n) is 3.86. The van der Waals surface area contributed by atoms with Crippen molar-refractivity contribution in [2.75, 3.05) is 12.4 Å². The van der Waals surface area contributed by atoms with Crippen molar-refractivity contribution in [3.63, 3.8) is 0 Å². The largest absolute Gasteiger partial charge is 0.497 e. The summed E-state index contributed by atoms with van der Waals surface area (Å²) in [7, 11) is 1.56. The second kappa shape index (κ2) is 6.92. The van der Waals surface area contributed by atoms with Crippen LogP contribution in [0.4, 0.5) is 18.9 Å². The normalized spacial score (nSPS) is 11.6. The summed E-state index contributed by atoms with van der Waals surface area (Å²) in [5, 5.41) is 3.35. The maximum Gasteiger partial charge on any atom is 0.416 e. The molecule has 3 aromatic rings. The SMILES string of the molecule is COc1ccc2c(ccn2CC(=O)Nc2cc(C(F)(F)F)ccc2Cl)c1. The third kappa shape index (κ3) is 3.77. The Balaban J connectivity index is 1.79. The third-order valence-corrected chi connectivity index (χ3v) is 4.19. The lowest BCUT2D eigenvalue weighted by atomic mass is 10.2. The Morgan fingerprint density at radius 3 is 2.65 bits per heavy atom. The minimum Gasteiger partial charge on any atom is -0.497 e. The average molecular weight is 383 g/mol. The Kier molecular flexibility index (Phi) is 4.82. The van der Waals surface area contributed by atoms with E-state index in [0.717, 1.165) is 29.1 Å². The number of alkyl halides is 3. The Hall–Kier alpha value is -2.67. The van der Waals surface area contributed by atoms with Crippen molar-refractivity contribution >= 4 is 34.1 Å². The summed E-state index contributed by atoms with van der Waals surface area (Å²) in [5.41, 5.74) is -0.156. The number of benzene rings is 2. The molecule has 0 aliphatic carbocycles. The molecule has 0 spiro atoms. The van der Waals surface area contributed by atoms with Crippen LogP contribution in [-0.4, -0.2) is 17.6 Å². The van der Waals surface area contributed by atoms with Crippen molar-refractivity contribution in [3.05, 3.63) is 59.2 Å². The highest BCUT2D eigenvalue weighted by atomic mass is 35.5. The number of rotatable bonds is 4. The van der Waals surface area contributed by atoms with Gasteiger partial charge in [-0.05, 0) is 42.5 Å². The van der Waals surface area contributed by atoms with Crippen molar-refractivity contribution in [3.8, 4) is 5.75 Å². The molecule has 0 fully saturated rings. The molecule has 1 heterocycles. The second-order valence-corrected chi connectivity index (χ2v) is 6.02. The number of fused-ring (bicyclic) bond motifs is 1. The van der Waals surface area contributed by atoms with Gasteiger partial charge in [0.2, 0.25) is 5.91 Å². The predicted molar refractivity (Wildman–Crippen MR) is 93.6 cm³/mol. The van der Waals surface area contributed by atoms with Gasteiger partial charge >= 0.3 is 6.18 Å². The molecule has 0 unspecified atom stereocenters. The Morgan fingerprint density at radius 2 is 1.96 bits per heavy atom. The number of halogens is 4. The summed E-state index contributed by atoms with van der Waals surface area (Å²) >= 11 is 5.90. The minimum absolute atomic E-state index is 0.0356. The van der Waals surface area contributed by atoms with Gasteiger partial charge in [0.25, 0.3) is 0 Å². The molecule has 26 heavy (non-hydrogen) atoms. The van der Waals surface area contributed by atoms with Gasteiger partial charge in [0.05, 0.1) is 23.4 Å². The van der Waals surface area contributed by atoms with Crippen LogP contribution in [0.1, 0.15) is 5.56 Å². The fourth-order valence-electron chi connectivity index (χ4n) is 2.58. The number of anilines is 1. The van der Waals surface area contributed by atoms with Crippen LogP contribution in [0.5, 0.6) is 5.75 Å². The molecule has 0 saturated carbocycles. The van der Waals surface area contributed by atoms with Gasteiger partial charge in [-0.25, -0.2) is 0 Å². The zero-order valence-electron chi connectivity index (χ0n) is 13.6. The van der Waals surface area contributed by atoms with Gasteiger partial charge < -0.3 is 14.6 Å². The van der Waals surface area contributed by atoms with E-state index in [4.69, 9.17) is 16.3 Å². The highest BCUT2D eigenvalue weighted by molar-refractivity contribution is 6.33. The molecule has 3 rings (SSSR count). The van der Waals surface area contributed by atoms with Crippen molar-refractivity contribution in [1.29, 1.82) is 0 Å². The van der Waals surface area contributed by atoms with E-state index in [0.29, 0.717) is 5.75 Å². The van der Waals surface area contributed by atoms with Gasteiger partial charge in [0, 0.05) is 17.1 Å². The van der Waals surface area contributed by atoms with E-state index >= 15 is 0 Å². The molecule has 4 nitrogen and oxygen atoms in total. The summed E-state index contributed by atoms with van der Waals surface area (Å²) in [4.78, 5) is 12.3. The first-order valence-electron chi connectivity index (χ1n) is 7.57. The minimum atomic E-state index is -4.51. The first-order chi connectivity index (χ1) is 12.3. The van der Waals surface area contributed by atoms with Crippen LogP contribution in [0.25, 0.3) is 10.9 Å². The molecule has 0 aliphatic heterocycles. The molecular weight excluding hydrogens is 369 g/mol. The Labute approximate surface area is 152 Å². The average Bonchev–Trinajstić information content (AvgIpc) is 2.97. The van der Waals surface area contributed by atoms with Crippen LogP contribution in [0.2, 0.25) is 5.02 Å². The molecule has 2 aromatic carbocycles. The first kappa shape index (κ1) is 18.1. The van der Waals surface area contributed by atoms with E-state index in [1.807, 2.05) is 12.1 Å². The van der Waals surface area contributed by atoms with Crippen molar-refractivity contribution in [2.24, 2.45) is 0 Å². The fraction of sp³-hybridized carbons (Fsp3) is 0.167. The highest BCUT2D eigenvalue weighted by Gasteiger charge is 2.31. The lowest BCUT2D eigenvalue weighted by Crippen LogP contribution is -2.19. The van der Waals surface area contributed by atoms with Crippen LogP contribution in [-0.2, 0) is 17.5 Å². The molecule has 0 aliphatic rings. The summed E-state index contributed by atoms with van der Waals surface area (Å²) < 4.78 is 45.3. The van der Waals surface area contributed by atoms with E-state index in [-0.39, 0.29) is 17.3 Å². The molecule has 136 valence electrons. The molecule has 1 amide bonds. The first-order valence-corrected chi connectivity index (χ1v) is 7.95. The smallest absolute Gasteiger partial charge is 0.416 e. The van der Waals surface area contributed by atoms with E-state index in [1.54, 1.807) is 30.0 Å². The summed E-state index contributed by atoms with van der Waals surface area (Å²) in [5.74, 6) is 0.204. The van der Waals surface area contributed by atoms with Crippen LogP contribution in [0.3, 0.4) is 0 Å². The lowest BCUT2D eigenvalue weighted by Gasteiger charge is -2.12. The standard InChI is InChI=1S/C18H14ClF3N2O2/c1-26-13-3-5-16-11(8-13)6-7-24(16)10-17(25)23-15-9-12(18(20,21)22)2-4-14(15)19/h2-9H,10H2,1H3,(H,23,25). The zero-order valence-corrected chi connectivity index (χ0v) is 14.4. The number of ether oxygens (including phenoxy) is 1. The van der Waals surface area contributed by atoms with Crippen molar-refractivity contribution in [1.82, 2.24) is 4.57 Å². The van der Waals surface area contributed by atoms with Gasteiger partial charge in [-0.2, -0.15) is 13.2 Å². The number of hydrogen-bond acceptors (Lipinski definition) is 2. The molecular formula is C18H14ClF3N2O2. The fourth-order valence-corrected chi connectivity index (χ4v) is 2.75. The molecule has 8 heteroatoms. The summed E-state index contributed by atoms with van der Waals surface area (Å²) in [6.45, 7) is -0.0671. The maximum absolute atomic E-state index is 12.8. The summed E-state index contributed by atoms with van der Waals surface area (Å²) in [6, 6.07) is 10.0. The van der Waals surface area contributed by atoms with E-state index in [2.05, 4.69) is 5.32 Å². The van der Waals surface area contributed by atoms with Crippen LogP contribution >= 0.6 is 11.6 Å². The number of carbonyl (C=O) groups is 1. The van der Waals surface area contributed by atoms with Gasteiger partial charge in [0.1, 0.15) is 12.3 Å². The lowest BCUT2D eigenvalue weighted by molar-refractivity contribution is -0.137. The quantitative estimate of drug-likeness (QED) is 0.693. The van der Waals surface area contributed by atoms with Crippen LogP contribution < -0.4 is 10.1 Å². The number of nitrogens with one attached hydrogen (secondary N) is 1. The topological polar surface area (TPSA) is 43.3 Å². The van der Waals surface area contributed by atoms with Gasteiger partial charge in [-0.3, -0.25) is 4.79 Å². The molecule has 0 saturated heterocycles. The molecule has 0 bridgehead atoms. The Bertz CT molecular complexity index is 967. The number of nitrogens with zero attached hydrogens (tertiary/aromatic N) is 1. The maximum atomic E-state index is 12.8. The monoisotopic (exact) mass is 382 g/mol. The molecule has 1 aromatic heterocycles. The number of aromatic nitrogens is 1. The van der Waals surface area contributed by atoms with Crippen LogP contribution in [0, 0.1) is 0 Å². The number of methoxy groups -OCH3 is 1. The highest BCUT2D eigenvalue weighted by Crippen LogP contribution is 2.33. The van der Waals surface area contributed by atoms with Crippen molar-refractivity contribution in [2.45, 2.75) is 12.7 Å². The number of hydrogen-bond donors (Lipinski definition) is 1.